The molecule has 2 aromatic heterocycles. The molecule has 0 saturated carbocycles. The van der Waals surface area contributed by atoms with E-state index in [9.17, 15) is 4.79 Å². The summed E-state index contributed by atoms with van der Waals surface area (Å²) in [6.45, 7) is 3.32. The second kappa shape index (κ2) is 5.09. The number of methoxy groups -OCH3 is 1. The summed E-state index contributed by atoms with van der Waals surface area (Å²) in [6.07, 6.45) is 1.62. The Morgan fingerprint density at radius 3 is 2.89 bits per heavy atom. The van der Waals surface area contributed by atoms with Gasteiger partial charge in [-0.2, -0.15) is 4.98 Å². The van der Waals surface area contributed by atoms with E-state index >= 15 is 0 Å². The predicted molar refractivity (Wildman–Crippen MR) is 68.7 cm³/mol. The number of nitrogens with one attached hydrogen (secondary N) is 1. The average molecular weight is 264 g/mol. The number of hydrogen-bond acceptors (Lipinski definition) is 6. The molecule has 2 heterocycles. The molecule has 0 aromatic carbocycles. The van der Waals surface area contributed by atoms with E-state index < -0.39 is 0 Å². The molecule has 0 aliphatic rings. The normalized spacial score (nSPS) is 10.2. The van der Waals surface area contributed by atoms with Gasteiger partial charge in [0.2, 0.25) is 5.91 Å². The second-order valence-electron chi connectivity index (χ2n) is 3.54. The van der Waals surface area contributed by atoms with Gasteiger partial charge in [0.15, 0.2) is 5.13 Å². The van der Waals surface area contributed by atoms with Crippen LogP contribution in [-0.4, -0.2) is 28.0 Å². The van der Waals surface area contributed by atoms with Crippen LogP contribution in [0, 0.1) is 6.92 Å². The molecule has 1 amide bonds. The summed E-state index contributed by atoms with van der Waals surface area (Å²) in [5.41, 5.74) is 1.54. The molecule has 0 spiro atoms. The Morgan fingerprint density at radius 2 is 2.22 bits per heavy atom. The first-order chi connectivity index (χ1) is 8.60. The van der Waals surface area contributed by atoms with Gasteiger partial charge >= 0.3 is 6.01 Å². The fourth-order valence-electron chi connectivity index (χ4n) is 1.40. The molecule has 2 rings (SSSR count). The molecule has 6 nitrogen and oxygen atoms in total. The van der Waals surface area contributed by atoms with Crippen LogP contribution in [0.15, 0.2) is 12.3 Å². The maximum absolute atomic E-state index is 11.0. The number of ether oxygens (including phenoxy) is 1. The van der Waals surface area contributed by atoms with Crippen LogP contribution in [-0.2, 0) is 4.79 Å². The van der Waals surface area contributed by atoms with Gasteiger partial charge in [-0.05, 0) is 13.0 Å². The van der Waals surface area contributed by atoms with Gasteiger partial charge in [-0.25, -0.2) is 9.97 Å². The quantitative estimate of drug-likeness (QED) is 0.915. The number of amides is 1. The first-order valence-electron chi connectivity index (χ1n) is 5.22. The fraction of sp³-hybridized carbons (Fsp3) is 0.273. The monoisotopic (exact) mass is 264 g/mol. The first-order valence-corrected chi connectivity index (χ1v) is 6.04. The zero-order valence-corrected chi connectivity index (χ0v) is 11.0. The number of aryl methyl sites for hydroxylation is 1. The molecule has 94 valence electrons. The highest BCUT2D eigenvalue weighted by molar-refractivity contribution is 7.19. The summed E-state index contributed by atoms with van der Waals surface area (Å²) in [5.74, 6) is -0.143. The molecule has 0 aliphatic heterocycles. The van der Waals surface area contributed by atoms with E-state index in [4.69, 9.17) is 4.74 Å². The van der Waals surface area contributed by atoms with Crippen LogP contribution >= 0.6 is 11.3 Å². The molecule has 18 heavy (non-hydrogen) atoms. The number of hydrogen-bond donors (Lipinski definition) is 1. The molecular weight excluding hydrogens is 252 g/mol. The van der Waals surface area contributed by atoms with E-state index in [1.54, 1.807) is 12.3 Å². The van der Waals surface area contributed by atoms with Crippen molar-refractivity contribution >= 4 is 22.4 Å². The van der Waals surface area contributed by atoms with Crippen LogP contribution in [0.3, 0.4) is 0 Å². The van der Waals surface area contributed by atoms with Gasteiger partial charge in [0.1, 0.15) is 0 Å². The zero-order valence-electron chi connectivity index (χ0n) is 10.2. The summed E-state index contributed by atoms with van der Waals surface area (Å²) >= 11 is 1.37. The number of carbonyl (C=O) groups is 1. The van der Waals surface area contributed by atoms with Gasteiger partial charge in [-0.1, -0.05) is 11.3 Å². The molecule has 0 bridgehead atoms. The highest BCUT2D eigenvalue weighted by Gasteiger charge is 2.12. The van der Waals surface area contributed by atoms with Crippen molar-refractivity contribution in [2.45, 2.75) is 13.8 Å². The Kier molecular flexibility index (Phi) is 3.52. The summed E-state index contributed by atoms with van der Waals surface area (Å²) in [6, 6.07) is 2.09. The van der Waals surface area contributed by atoms with Gasteiger partial charge in [-0.3, -0.25) is 4.79 Å². The molecular formula is C11H12N4O2S. The fourth-order valence-corrected chi connectivity index (χ4v) is 2.39. The van der Waals surface area contributed by atoms with Crippen LogP contribution in [0.5, 0.6) is 6.01 Å². The van der Waals surface area contributed by atoms with Crippen molar-refractivity contribution in [3.63, 3.8) is 0 Å². The number of nitrogens with zero attached hydrogens (tertiary/aromatic N) is 3. The largest absolute Gasteiger partial charge is 0.467 e. The average Bonchev–Trinajstić information content (AvgIpc) is 2.69. The lowest BCUT2D eigenvalue weighted by Gasteiger charge is -2.00. The lowest BCUT2D eigenvalue weighted by Crippen LogP contribution is -2.04. The van der Waals surface area contributed by atoms with Crippen molar-refractivity contribution in [3.8, 4) is 16.6 Å². The van der Waals surface area contributed by atoms with Crippen molar-refractivity contribution in [1.29, 1.82) is 0 Å². The molecule has 7 heteroatoms. The van der Waals surface area contributed by atoms with E-state index in [-0.39, 0.29) is 5.91 Å². The summed E-state index contributed by atoms with van der Waals surface area (Å²) in [7, 11) is 1.52. The molecule has 0 fully saturated rings. The smallest absolute Gasteiger partial charge is 0.316 e. The molecule has 0 atom stereocenters. The molecule has 1 N–H and O–H groups in total. The third-order valence-electron chi connectivity index (χ3n) is 2.13. The lowest BCUT2D eigenvalue weighted by molar-refractivity contribution is -0.114. The van der Waals surface area contributed by atoms with E-state index in [2.05, 4.69) is 20.3 Å². The minimum atomic E-state index is -0.143. The van der Waals surface area contributed by atoms with Crippen LogP contribution in [0.25, 0.3) is 10.6 Å². The summed E-state index contributed by atoms with van der Waals surface area (Å²) in [5, 5.41) is 3.22. The SMILES string of the molecule is COc1nccc(-c2sc(NC(C)=O)nc2C)n1. The molecule has 0 unspecified atom stereocenters. The predicted octanol–water partition coefficient (Wildman–Crippen LogP) is 1.88. The molecule has 0 radical (unpaired) electrons. The zero-order chi connectivity index (χ0) is 13.1. The minimum Gasteiger partial charge on any atom is -0.467 e. The lowest BCUT2D eigenvalue weighted by atomic mass is 10.3. The Morgan fingerprint density at radius 1 is 1.44 bits per heavy atom. The third-order valence-corrected chi connectivity index (χ3v) is 3.22. The standard InChI is InChI=1S/C11H12N4O2S/c1-6-9(18-11(13-6)14-7(2)16)8-4-5-12-10(15-8)17-3/h4-5H,1-3H3,(H,13,14,16). The summed E-state index contributed by atoms with van der Waals surface area (Å²) in [4.78, 5) is 24.3. The van der Waals surface area contributed by atoms with Gasteiger partial charge < -0.3 is 10.1 Å². The maximum Gasteiger partial charge on any atom is 0.316 e. The number of carbonyl (C=O) groups excluding carboxylic acids is 1. The van der Waals surface area contributed by atoms with Crippen molar-refractivity contribution in [3.05, 3.63) is 18.0 Å². The molecule has 0 saturated heterocycles. The van der Waals surface area contributed by atoms with Crippen molar-refractivity contribution in [2.24, 2.45) is 0 Å². The molecule has 2 aromatic rings. The summed E-state index contributed by atoms with van der Waals surface area (Å²) < 4.78 is 4.98. The molecule has 0 aliphatic carbocycles. The van der Waals surface area contributed by atoms with E-state index in [1.165, 1.54) is 25.4 Å². The van der Waals surface area contributed by atoms with Crippen LogP contribution in [0.1, 0.15) is 12.6 Å². The maximum atomic E-state index is 11.0. The van der Waals surface area contributed by atoms with Crippen molar-refractivity contribution in [2.75, 3.05) is 12.4 Å². The van der Waals surface area contributed by atoms with Gasteiger partial charge in [0.25, 0.3) is 0 Å². The number of aromatic nitrogens is 3. The number of rotatable bonds is 3. The van der Waals surface area contributed by atoms with Crippen LogP contribution < -0.4 is 10.1 Å². The number of anilines is 1. The van der Waals surface area contributed by atoms with Crippen molar-refractivity contribution < 1.29 is 9.53 Å². The highest BCUT2D eigenvalue weighted by Crippen LogP contribution is 2.31. The van der Waals surface area contributed by atoms with Crippen molar-refractivity contribution in [1.82, 2.24) is 15.0 Å². The second-order valence-corrected chi connectivity index (χ2v) is 4.54. The van der Waals surface area contributed by atoms with Gasteiger partial charge in [0.05, 0.1) is 23.4 Å². The number of thiazole rings is 1. The highest BCUT2D eigenvalue weighted by atomic mass is 32.1. The Balaban J connectivity index is 2.37. The Hall–Kier alpha value is -2.02. The van der Waals surface area contributed by atoms with E-state index in [1.807, 2.05) is 6.92 Å². The van der Waals surface area contributed by atoms with E-state index in [0.29, 0.717) is 11.1 Å². The van der Waals surface area contributed by atoms with Gasteiger partial charge in [-0.15, -0.1) is 0 Å². The van der Waals surface area contributed by atoms with Crippen LogP contribution in [0.2, 0.25) is 0 Å². The van der Waals surface area contributed by atoms with E-state index in [0.717, 1.165) is 16.3 Å². The minimum absolute atomic E-state index is 0.143. The van der Waals surface area contributed by atoms with Gasteiger partial charge in [0, 0.05) is 13.1 Å². The first kappa shape index (κ1) is 12.4. The van der Waals surface area contributed by atoms with Crippen LogP contribution in [0.4, 0.5) is 5.13 Å². The Labute approximate surface area is 108 Å². The Bertz CT molecular complexity index is 582. The topological polar surface area (TPSA) is 77.0 Å². The third kappa shape index (κ3) is 2.62.